The molecule has 1 rings (SSSR count). The lowest BCUT2D eigenvalue weighted by Crippen LogP contribution is -2.47. The Morgan fingerprint density at radius 1 is 1.47 bits per heavy atom. The van der Waals surface area contributed by atoms with Crippen LogP contribution in [0.25, 0.3) is 0 Å². The van der Waals surface area contributed by atoms with Crippen molar-refractivity contribution in [3.05, 3.63) is 12.3 Å². The highest BCUT2D eigenvalue weighted by atomic mass is 28.4. The van der Waals surface area contributed by atoms with E-state index in [4.69, 9.17) is 9.16 Å². The maximum absolute atomic E-state index is 11.5. The minimum Gasteiger partial charge on any atom is -0.498 e. The lowest BCUT2D eigenvalue weighted by Gasteiger charge is -2.38. The molecule has 0 radical (unpaired) electrons. The molecule has 0 bridgehead atoms. The van der Waals surface area contributed by atoms with Gasteiger partial charge in [0.05, 0.1) is 6.26 Å². The first-order valence-corrected chi connectivity index (χ1v) is 8.15. The fourth-order valence-corrected chi connectivity index (χ4v) is 2.32. The Hall–Kier alpha value is -0.613. The summed E-state index contributed by atoms with van der Waals surface area (Å²) in [4.78, 5) is 11.5. The van der Waals surface area contributed by atoms with Crippen molar-refractivity contribution in [2.45, 2.75) is 45.0 Å². The summed E-state index contributed by atoms with van der Waals surface area (Å²) in [7, 11) is -1.87. The molecule has 0 amide bonds. The Bertz CT molecular complexity index is 276. The number of ether oxygens (including phenoxy) is 1. The van der Waals surface area contributed by atoms with E-state index in [-0.39, 0.29) is 10.8 Å². The van der Waals surface area contributed by atoms with Crippen molar-refractivity contribution in [1.82, 2.24) is 0 Å². The van der Waals surface area contributed by atoms with Gasteiger partial charge in [-0.15, -0.1) is 0 Å². The Morgan fingerprint density at radius 2 is 2.07 bits per heavy atom. The van der Waals surface area contributed by atoms with Crippen LogP contribution in [-0.4, -0.2) is 26.8 Å². The maximum Gasteiger partial charge on any atom is 0.193 e. The molecular formula is C11H20O3Si. The fraction of sp³-hybridized carbons (Fsp3) is 0.727. The van der Waals surface area contributed by atoms with E-state index in [0.29, 0.717) is 6.61 Å². The first kappa shape index (κ1) is 12.5. The molecule has 0 saturated carbocycles. The van der Waals surface area contributed by atoms with Gasteiger partial charge in [-0.2, -0.15) is 0 Å². The third-order valence-electron chi connectivity index (χ3n) is 3.14. The topological polar surface area (TPSA) is 35.5 Å². The predicted octanol–water partition coefficient (Wildman–Crippen LogP) is 2.49. The van der Waals surface area contributed by atoms with Gasteiger partial charge in [-0.25, -0.2) is 0 Å². The highest BCUT2D eigenvalue weighted by Crippen LogP contribution is 2.37. The zero-order valence-corrected chi connectivity index (χ0v) is 11.2. The number of rotatable bonds is 2. The first-order valence-electron chi connectivity index (χ1n) is 5.24. The highest BCUT2D eigenvalue weighted by molar-refractivity contribution is 6.74. The molecule has 1 aliphatic rings. The Labute approximate surface area is 92.6 Å². The second-order valence-corrected chi connectivity index (χ2v) is 10.2. The van der Waals surface area contributed by atoms with Gasteiger partial charge in [-0.3, -0.25) is 4.79 Å². The molecule has 0 N–H and O–H groups in total. The van der Waals surface area contributed by atoms with Gasteiger partial charge in [0.15, 0.2) is 14.1 Å². The second-order valence-electron chi connectivity index (χ2n) is 5.41. The van der Waals surface area contributed by atoms with Crippen molar-refractivity contribution < 1.29 is 14.0 Å². The van der Waals surface area contributed by atoms with Crippen LogP contribution in [0.2, 0.25) is 18.1 Å². The Kier molecular flexibility index (Phi) is 3.40. The predicted molar refractivity (Wildman–Crippen MR) is 62.2 cm³/mol. The minimum absolute atomic E-state index is 0.0195. The number of carbonyl (C=O) groups is 1. The van der Waals surface area contributed by atoms with Crippen molar-refractivity contribution in [2.75, 3.05) is 6.61 Å². The van der Waals surface area contributed by atoms with Gasteiger partial charge in [0.1, 0.15) is 12.7 Å². The van der Waals surface area contributed by atoms with Gasteiger partial charge >= 0.3 is 0 Å². The van der Waals surface area contributed by atoms with Crippen LogP contribution < -0.4 is 0 Å². The average Bonchev–Trinajstić information content (AvgIpc) is 2.06. The van der Waals surface area contributed by atoms with Crippen LogP contribution in [0.15, 0.2) is 12.3 Å². The van der Waals surface area contributed by atoms with Crippen LogP contribution in [0, 0.1) is 0 Å². The molecule has 0 aromatic rings. The van der Waals surface area contributed by atoms with Gasteiger partial charge in [0, 0.05) is 6.08 Å². The summed E-state index contributed by atoms with van der Waals surface area (Å²) in [5.74, 6) is 0.0195. The van der Waals surface area contributed by atoms with Gasteiger partial charge in [0.2, 0.25) is 0 Å². The third-order valence-corrected chi connectivity index (χ3v) is 7.62. The molecule has 15 heavy (non-hydrogen) atoms. The van der Waals surface area contributed by atoms with Crippen molar-refractivity contribution in [2.24, 2.45) is 0 Å². The van der Waals surface area contributed by atoms with Crippen LogP contribution in [0.4, 0.5) is 0 Å². The van der Waals surface area contributed by atoms with E-state index in [1.54, 1.807) is 0 Å². The summed E-state index contributed by atoms with van der Waals surface area (Å²) in [5.41, 5.74) is 0. The van der Waals surface area contributed by atoms with Gasteiger partial charge < -0.3 is 9.16 Å². The normalized spacial score (nSPS) is 22.7. The average molecular weight is 228 g/mol. The molecule has 1 atom stereocenters. The zero-order chi connectivity index (χ0) is 11.7. The smallest absolute Gasteiger partial charge is 0.193 e. The largest absolute Gasteiger partial charge is 0.498 e. The van der Waals surface area contributed by atoms with E-state index >= 15 is 0 Å². The Morgan fingerprint density at radius 3 is 2.53 bits per heavy atom. The summed E-state index contributed by atoms with van der Waals surface area (Å²) >= 11 is 0. The van der Waals surface area contributed by atoms with Crippen LogP contribution in [-0.2, 0) is 14.0 Å². The summed E-state index contributed by atoms with van der Waals surface area (Å²) in [5, 5.41) is 0.119. The highest BCUT2D eigenvalue weighted by Gasteiger charge is 2.40. The summed E-state index contributed by atoms with van der Waals surface area (Å²) in [6, 6.07) is 0. The molecule has 1 heterocycles. The molecule has 0 aromatic carbocycles. The standard InChI is InChI=1S/C11H20O3Si/c1-11(2,3)15(4,5)14-10-8-13-7-6-9(10)12/h6-7,10H,8H2,1-5H3. The summed E-state index contributed by atoms with van der Waals surface area (Å²) in [6.07, 6.45) is 2.48. The third kappa shape index (κ3) is 2.92. The molecule has 0 fully saturated rings. The number of hydrogen-bond acceptors (Lipinski definition) is 3. The molecule has 0 aromatic heterocycles. The molecule has 0 saturated heterocycles. The van der Waals surface area contributed by atoms with E-state index in [1.165, 1.54) is 12.3 Å². The number of ketones is 1. The molecule has 1 aliphatic heterocycles. The molecule has 1 unspecified atom stereocenters. The molecule has 0 spiro atoms. The Balaban J connectivity index is 2.69. The van der Waals surface area contributed by atoms with Crippen molar-refractivity contribution in [3.8, 4) is 0 Å². The van der Waals surface area contributed by atoms with Crippen LogP contribution >= 0.6 is 0 Å². The number of carbonyl (C=O) groups excluding carboxylic acids is 1. The van der Waals surface area contributed by atoms with Crippen molar-refractivity contribution in [3.63, 3.8) is 0 Å². The lowest BCUT2D eigenvalue weighted by atomic mass is 10.2. The van der Waals surface area contributed by atoms with Crippen LogP contribution in [0.3, 0.4) is 0 Å². The van der Waals surface area contributed by atoms with E-state index in [0.717, 1.165) is 0 Å². The van der Waals surface area contributed by atoms with Gasteiger partial charge in [0.25, 0.3) is 0 Å². The number of hydrogen-bond donors (Lipinski definition) is 0. The maximum atomic E-state index is 11.5. The van der Waals surface area contributed by atoms with E-state index in [9.17, 15) is 4.79 Å². The van der Waals surface area contributed by atoms with E-state index < -0.39 is 14.4 Å². The van der Waals surface area contributed by atoms with Crippen molar-refractivity contribution >= 4 is 14.1 Å². The van der Waals surface area contributed by atoms with Crippen molar-refractivity contribution in [1.29, 1.82) is 0 Å². The molecule has 4 heteroatoms. The quantitative estimate of drug-likeness (QED) is 0.681. The van der Waals surface area contributed by atoms with Gasteiger partial charge in [-0.05, 0) is 18.1 Å². The van der Waals surface area contributed by atoms with Gasteiger partial charge in [-0.1, -0.05) is 20.8 Å². The lowest BCUT2D eigenvalue weighted by molar-refractivity contribution is -0.124. The summed E-state index contributed by atoms with van der Waals surface area (Å²) in [6.45, 7) is 11.1. The van der Waals surface area contributed by atoms with Crippen LogP contribution in [0.1, 0.15) is 20.8 Å². The SMILES string of the molecule is CC(C)(C)[Si](C)(C)OC1COC=CC1=O. The molecule has 0 aliphatic carbocycles. The first-order chi connectivity index (χ1) is 6.74. The zero-order valence-electron chi connectivity index (χ0n) is 10.2. The second kappa shape index (κ2) is 4.10. The van der Waals surface area contributed by atoms with E-state index in [1.807, 2.05) is 0 Å². The van der Waals surface area contributed by atoms with E-state index in [2.05, 4.69) is 33.9 Å². The minimum atomic E-state index is -1.87. The fourth-order valence-electron chi connectivity index (χ4n) is 1.07. The summed E-state index contributed by atoms with van der Waals surface area (Å²) < 4.78 is 11.1. The molecular weight excluding hydrogens is 208 g/mol. The molecule has 3 nitrogen and oxygen atoms in total. The monoisotopic (exact) mass is 228 g/mol. The van der Waals surface area contributed by atoms with Crippen LogP contribution in [0.5, 0.6) is 0 Å². The molecule has 86 valence electrons.